The van der Waals surface area contributed by atoms with E-state index in [4.69, 9.17) is 16.1 Å². The Morgan fingerprint density at radius 1 is 1.05 bits per heavy atom. The number of aromatic hydroxyl groups is 2. The lowest BCUT2D eigenvalue weighted by molar-refractivity contribution is 0.402. The lowest BCUT2D eigenvalue weighted by Crippen LogP contribution is -1.85. The molecule has 0 amide bonds. The second kappa shape index (κ2) is 4.82. The maximum atomic E-state index is 9.45. The number of benzene rings is 1. The van der Waals surface area contributed by atoms with Crippen LogP contribution in [-0.4, -0.2) is 25.3 Å². The van der Waals surface area contributed by atoms with Crippen LogP contribution in [-0.2, 0) is 0 Å². The molecule has 20 heavy (non-hydrogen) atoms. The van der Waals surface area contributed by atoms with Gasteiger partial charge in [-0.15, -0.1) is 0 Å². The highest BCUT2D eigenvalue weighted by atomic mass is 35.5. The van der Waals surface area contributed by atoms with Crippen molar-refractivity contribution in [2.24, 2.45) is 0 Å². The molecule has 0 bridgehead atoms. The Morgan fingerprint density at radius 2 is 1.90 bits per heavy atom. The van der Waals surface area contributed by atoms with Gasteiger partial charge in [0.2, 0.25) is 5.82 Å². The van der Waals surface area contributed by atoms with Crippen LogP contribution in [0, 0.1) is 0 Å². The lowest BCUT2D eigenvalue weighted by atomic mass is 10.2. The Balaban J connectivity index is 1.97. The lowest BCUT2D eigenvalue weighted by Gasteiger charge is -1.98. The van der Waals surface area contributed by atoms with Gasteiger partial charge in [0.25, 0.3) is 5.89 Å². The van der Waals surface area contributed by atoms with Gasteiger partial charge in [-0.3, -0.25) is 4.98 Å². The van der Waals surface area contributed by atoms with Crippen LogP contribution in [0.25, 0.3) is 23.0 Å². The molecule has 100 valence electrons. The highest BCUT2D eigenvalue weighted by molar-refractivity contribution is 6.30. The van der Waals surface area contributed by atoms with Crippen LogP contribution in [0.5, 0.6) is 11.5 Å². The second-order valence-electron chi connectivity index (χ2n) is 3.99. The molecule has 0 radical (unpaired) electrons. The van der Waals surface area contributed by atoms with Crippen molar-refractivity contribution in [2.75, 3.05) is 0 Å². The smallest absolute Gasteiger partial charge is 0.258 e. The van der Waals surface area contributed by atoms with Crippen LogP contribution in [0.1, 0.15) is 0 Å². The van der Waals surface area contributed by atoms with Crippen molar-refractivity contribution >= 4 is 11.6 Å². The Bertz CT molecular complexity index is 756. The van der Waals surface area contributed by atoms with Crippen molar-refractivity contribution in [3.8, 4) is 34.5 Å². The van der Waals surface area contributed by atoms with Gasteiger partial charge in [-0.2, -0.15) is 4.98 Å². The number of pyridine rings is 1. The van der Waals surface area contributed by atoms with Crippen molar-refractivity contribution < 1.29 is 14.7 Å². The van der Waals surface area contributed by atoms with E-state index in [0.29, 0.717) is 22.1 Å². The summed E-state index contributed by atoms with van der Waals surface area (Å²) in [6.07, 6.45) is 1.49. The van der Waals surface area contributed by atoms with Gasteiger partial charge in [0, 0.05) is 11.8 Å². The Kier molecular flexibility index (Phi) is 3.00. The molecule has 0 atom stereocenters. The van der Waals surface area contributed by atoms with Crippen LogP contribution in [0.15, 0.2) is 41.1 Å². The summed E-state index contributed by atoms with van der Waals surface area (Å²) in [6, 6.07) is 7.58. The van der Waals surface area contributed by atoms with Crippen LogP contribution in [0.4, 0.5) is 0 Å². The van der Waals surface area contributed by atoms with E-state index in [-0.39, 0.29) is 17.4 Å². The molecule has 2 aromatic heterocycles. The zero-order chi connectivity index (χ0) is 14.1. The average Bonchev–Trinajstić information content (AvgIpc) is 2.92. The molecule has 0 aliphatic heterocycles. The molecule has 0 spiro atoms. The molecule has 2 heterocycles. The summed E-state index contributed by atoms with van der Waals surface area (Å²) in [7, 11) is 0. The first kappa shape index (κ1) is 12.4. The summed E-state index contributed by atoms with van der Waals surface area (Å²) in [5.41, 5.74) is 1.01. The van der Waals surface area contributed by atoms with Gasteiger partial charge in [0.05, 0.1) is 5.02 Å². The topological polar surface area (TPSA) is 92.3 Å². The zero-order valence-corrected chi connectivity index (χ0v) is 10.7. The van der Waals surface area contributed by atoms with E-state index >= 15 is 0 Å². The van der Waals surface area contributed by atoms with Crippen LogP contribution in [0.2, 0.25) is 5.02 Å². The minimum atomic E-state index is -0.258. The number of hydrogen-bond acceptors (Lipinski definition) is 6. The van der Waals surface area contributed by atoms with Crippen LogP contribution >= 0.6 is 11.6 Å². The summed E-state index contributed by atoms with van der Waals surface area (Å²) < 4.78 is 5.10. The van der Waals surface area contributed by atoms with E-state index in [1.165, 1.54) is 18.3 Å². The van der Waals surface area contributed by atoms with Crippen LogP contribution < -0.4 is 0 Å². The molecule has 2 N–H and O–H groups in total. The molecule has 0 aliphatic rings. The van der Waals surface area contributed by atoms with Crippen molar-refractivity contribution in [1.29, 1.82) is 0 Å². The third kappa shape index (κ3) is 2.28. The van der Waals surface area contributed by atoms with Crippen molar-refractivity contribution in [3.63, 3.8) is 0 Å². The van der Waals surface area contributed by atoms with Gasteiger partial charge in [0.15, 0.2) is 11.5 Å². The molecule has 0 saturated carbocycles. The Labute approximate surface area is 118 Å². The average molecular weight is 290 g/mol. The minimum absolute atomic E-state index is 0.215. The van der Waals surface area contributed by atoms with Crippen molar-refractivity contribution in [1.82, 2.24) is 15.1 Å². The third-order valence-corrected chi connectivity index (χ3v) is 2.83. The fourth-order valence-electron chi connectivity index (χ4n) is 1.61. The maximum Gasteiger partial charge on any atom is 0.258 e. The standard InChI is InChI=1S/C13H8ClN3O3/c14-8-2-3-9(15-6-8)12-16-13(20-17-12)7-1-4-10(18)11(19)5-7/h1-6,18-19H. The van der Waals surface area contributed by atoms with Gasteiger partial charge in [-0.25, -0.2) is 0 Å². The molecule has 7 heteroatoms. The summed E-state index contributed by atoms with van der Waals surface area (Å²) in [5.74, 6) is 0.0519. The second-order valence-corrected chi connectivity index (χ2v) is 4.42. The summed E-state index contributed by atoms with van der Waals surface area (Å²) in [6.45, 7) is 0. The van der Waals surface area contributed by atoms with Crippen molar-refractivity contribution in [2.45, 2.75) is 0 Å². The molecule has 0 aliphatic carbocycles. The molecule has 0 saturated heterocycles. The van der Waals surface area contributed by atoms with Gasteiger partial charge in [-0.05, 0) is 30.3 Å². The Morgan fingerprint density at radius 3 is 2.60 bits per heavy atom. The first-order valence-electron chi connectivity index (χ1n) is 5.61. The Hall–Kier alpha value is -2.60. The summed E-state index contributed by atoms with van der Waals surface area (Å²) in [5, 5.41) is 23.0. The molecule has 3 aromatic rings. The largest absolute Gasteiger partial charge is 0.504 e. The van der Waals surface area contributed by atoms with E-state index < -0.39 is 0 Å². The van der Waals surface area contributed by atoms with E-state index in [2.05, 4.69) is 15.1 Å². The SMILES string of the molecule is Oc1ccc(-c2nc(-c3ccc(Cl)cn3)no2)cc1O. The molecule has 0 fully saturated rings. The van der Waals surface area contributed by atoms with E-state index in [0.717, 1.165) is 0 Å². The van der Waals surface area contributed by atoms with Gasteiger partial charge in [0.1, 0.15) is 5.69 Å². The number of phenols is 2. The molecule has 0 unspecified atom stereocenters. The van der Waals surface area contributed by atoms with E-state index in [1.54, 1.807) is 18.2 Å². The van der Waals surface area contributed by atoms with Crippen molar-refractivity contribution in [3.05, 3.63) is 41.6 Å². The molecular weight excluding hydrogens is 282 g/mol. The number of hydrogen-bond donors (Lipinski definition) is 2. The fourth-order valence-corrected chi connectivity index (χ4v) is 1.72. The highest BCUT2D eigenvalue weighted by Crippen LogP contribution is 2.30. The van der Waals surface area contributed by atoms with Gasteiger partial charge in [-0.1, -0.05) is 16.8 Å². The monoisotopic (exact) mass is 289 g/mol. The molecule has 6 nitrogen and oxygen atoms in total. The van der Waals surface area contributed by atoms with Gasteiger partial charge < -0.3 is 14.7 Å². The van der Waals surface area contributed by atoms with E-state index in [1.807, 2.05) is 0 Å². The maximum absolute atomic E-state index is 9.45. The number of aromatic nitrogens is 3. The van der Waals surface area contributed by atoms with Gasteiger partial charge >= 0.3 is 0 Å². The molecular formula is C13H8ClN3O3. The fraction of sp³-hybridized carbons (Fsp3) is 0. The minimum Gasteiger partial charge on any atom is -0.504 e. The highest BCUT2D eigenvalue weighted by Gasteiger charge is 2.13. The third-order valence-electron chi connectivity index (χ3n) is 2.60. The quantitative estimate of drug-likeness (QED) is 0.705. The summed E-state index contributed by atoms with van der Waals surface area (Å²) >= 11 is 5.75. The predicted molar refractivity (Wildman–Crippen MR) is 71.3 cm³/mol. The van der Waals surface area contributed by atoms with Crippen LogP contribution in [0.3, 0.4) is 0 Å². The first-order valence-corrected chi connectivity index (χ1v) is 5.99. The number of rotatable bonds is 2. The zero-order valence-electron chi connectivity index (χ0n) is 9.99. The molecule has 3 rings (SSSR count). The normalized spacial score (nSPS) is 10.7. The number of phenolic OH excluding ortho intramolecular Hbond substituents is 2. The predicted octanol–water partition coefficient (Wildman–Crippen LogP) is 2.86. The number of nitrogens with zero attached hydrogens (tertiary/aromatic N) is 3. The van der Waals surface area contributed by atoms with E-state index in [9.17, 15) is 10.2 Å². The summed E-state index contributed by atoms with van der Waals surface area (Å²) in [4.78, 5) is 8.26. The molecule has 1 aromatic carbocycles. The first-order chi connectivity index (χ1) is 9.63. The number of halogens is 1.